The molecule has 0 aliphatic heterocycles. The van der Waals surface area contributed by atoms with Gasteiger partial charge in [-0.2, -0.15) is 0 Å². The summed E-state index contributed by atoms with van der Waals surface area (Å²) in [5.74, 6) is -0.667. The molecule has 0 aromatic rings. The fraction of sp³-hybridized carbons (Fsp3) is 0.857. The lowest BCUT2D eigenvalue weighted by Gasteiger charge is -2.15. The fourth-order valence-corrected chi connectivity index (χ4v) is 1.29. The van der Waals surface area contributed by atoms with Crippen molar-refractivity contribution in [1.29, 1.82) is 0 Å². The van der Waals surface area contributed by atoms with E-state index in [-0.39, 0.29) is 37.0 Å². The van der Waals surface area contributed by atoms with Gasteiger partial charge in [0.1, 0.15) is 12.1 Å². The molecule has 0 heterocycles. The number of rotatable bonds is 9. The highest BCUT2D eigenvalue weighted by Crippen LogP contribution is 2.03. The van der Waals surface area contributed by atoms with E-state index in [1.807, 2.05) is 27.7 Å². The molecule has 0 amide bonds. The molecule has 0 unspecified atom stereocenters. The van der Waals surface area contributed by atoms with E-state index in [2.05, 4.69) is 0 Å². The quantitative estimate of drug-likeness (QED) is 0.481. The smallest absolute Gasteiger partial charge is 0.323 e. The fourth-order valence-electron chi connectivity index (χ4n) is 1.29. The zero-order valence-corrected chi connectivity index (χ0v) is 12.9. The monoisotopic (exact) mass is 288 g/mol. The summed E-state index contributed by atoms with van der Waals surface area (Å²) in [6.07, 6.45) is 1.25. The maximum Gasteiger partial charge on any atom is 0.323 e. The molecule has 0 bridgehead atoms. The molecule has 0 saturated heterocycles. The highest BCUT2D eigenvalue weighted by Gasteiger charge is 2.19. The minimum Gasteiger partial charge on any atom is -0.465 e. The molecule has 0 spiro atoms. The largest absolute Gasteiger partial charge is 0.465 e. The predicted molar refractivity (Wildman–Crippen MR) is 76.8 cm³/mol. The van der Waals surface area contributed by atoms with Gasteiger partial charge in [0, 0.05) is 0 Å². The van der Waals surface area contributed by atoms with Crippen molar-refractivity contribution in [3.63, 3.8) is 0 Å². The Balaban J connectivity index is 3.64. The molecule has 0 aliphatic carbocycles. The molecule has 2 atom stereocenters. The van der Waals surface area contributed by atoms with Crippen LogP contribution in [0.3, 0.4) is 0 Å². The molecule has 0 saturated carbocycles. The lowest BCUT2D eigenvalue weighted by Crippen LogP contribution is -2.37. The first-order valence-electron chi connectivity index (χ1n) is 7.11. The summed E-state index contributed by atoms with van der Waals surface area (Å²) in [6.45, 7) is 8.03. The Bertz CT molecular complexity index is 276. The van der Waals surface area contributed by atoms with E-state index in [4.69, 9.17) is 20.9 Å². The SMILES string of the molecule is CC(C)[C@H](N)C(=O)OCCCCOC(=O)[C@@H](N)C(C)C. The van der Waals surface area contributed by atoms with Crippen LogP contribution in [0.1, 0.15) is 40.5 Å². The molecule has 0 radical (unpaired) electrons. The first-order chi connectivity index (χ1) is 9.27. The Morgan fingerprint density at radius 3 is 1.35 bits per heavy atom. The second kappa shape index (κ2) is 9.72. The van der Waals surface area contributed by atoms with E-state index in [1.54, 1.807) is 0 Å². The van der Waals surface area contributed by atoms with Gasteiger partial charge in [-0.3, -0.25) is 9.59 Å². The van der Waals surface area contributed by atoms with Gasteiger partial charge in [-0.25, -0.2) is 0 Å². The van der Waals surface area contributed by atoms with Crippen LogP contribution in [0.5, 0.6) is 0 Å². The van der Waals surface area contributed by atoms with Crippen molar-refractivity contribution in [3.8, 4) is 0 Å². The van der Waals surface area contributed by atoms with Gasteiger partial charge >= 0.3 is 11.9 Å². The molecule has 0 aliphatic rings. The molecule has 0 aromatic carbocycles. The summed E-state index contributed by atoms with van der Waals surface area (Å²) in [7, 11) is 0. The minimum atomic E-state index is -0.586. The second-order valence-electron chi connectivity index (χ2n) is 5.58. The predicted octanol–water partition coefficient (Wildman–Crippen LogP) is 0.820. The molecule has 0 aromatic heterocycles. The van der Waals surface area contributed by atoms with E-state index < -0.39 is 12.1 Å². The number of nitrogens with two attached hydrogens (primary N) is 2. The summed E-state index contributed by atoms with van der Waals surface area (Å²) in [5, 5.41) is 0. The molecule has 4 N–H and O–H groups in total. The van der Waals surface area contributed by atoms with Crippen molar-refractivity contribution in [2.45, 2.75) is 52.6 Å². The van der Waals surface area contributed by atoms with E-state index in [9.17, 15) is 9.59 Å². The van der Waals surface area contributed by atoms with Crippen LogP contribution in [0.4, 0.5) is 0 Å². The van der Waals surface area contributed by atoms with Crippen molar-refractivity contribution in [2.75, 3.05) is 13.2 Å². The lowest BCUT2D eigenvalue weighted by atomic mass is 10.1. The first kappa shape index (κ1) is 18.9. The van der Waals surface area contributed by atoms with Gasteiger partial charge in [-0.15, -0.1) is 0 Å². The van der Waals surface area contributed by atoms with Crippen LogP contribution in [0.25, 0.3) is 0 Å². The highest BCUT2D eigenvalue weighted by atomic mass is 16.5. The van der Waals surface area contributed by atoms with Gasteiger partial charge in [-0.05, 0) is 24.7 Å². The van der Waals surface area contributed by atoms with Crippen LogP contribution in [-0.2, 0) is 19.1 Å². The van der Waals surface area contributed by atoms with Crippen LogP contribution < -0.4 is 11.5 Å². The Labute approximate surface area is 121 Å². The Kier molecular flexibility index (Phi) is 9.16. The Morgan fingerprint density at radius 2 is 1.10 bits per heavy atom. The van der Waals surface area contributed by atoms with E-state index in [0.29, 0.717) is 12.8 Å². The van der Waals surface area contributed by atoms with Crippen molar-refractivity contribution >= 4 is 11.9 Å². The maximum absolute atomic E-state index is 11.4. The molecule has 118 valence electrons. The van der Waals surface area contributed by atoms with Crippen LogP contribution in [0.2, 0.25) is 0 Å². The number of hydrogen-bond donors (Lipinski definition) is 2. The Morgan fingerprint density at radius 1 is 0.800 bits per heavy atom. The van der Waals surface area contributed by atoms with Crippen molar-refractivity contribution in [1.82, 2.24) is 0 Å². The third kappa shape index (κ3) is 7.45. The number of unbranched alkanes of at least 4 members (excludes halogenated alkanes) is 1. The topological polar surface area (TPSA) is 105 Å². The van der Waals surface area contributed by atoms with Gasteiger partial charge in [0.15, 0.2) is 0 Å². The molecular formula is C14H28N2O4. The summed E-state index contributed by atoms with van der Waals surface area (Å²) in [5.41, 5.74) is 11.3. The molecule has 0 rings (SSSR count). The summed E-state index contributed by atoms with van der Waals surface area (Å²) in [4.78, 5) is 22.9. The van der Waals surface area contributed by atoms with Crippen LogP contribution in [0.15, 0.2) is 0 Å². The molecule has 6 heteroatoms. The number of hydrogen-bond acceptors (Lipinski definition) is 6. The number of carbonyl (C=O) groups excluding carboxylic acids is 2. The number of esters is 2. The van der Waals surface area contributed by atoms with E-state index in [1.165, 1.54) is 0 Å². The standard InChI is InChI=1S/C14H28N2O4/c1-9(2)11(15)13(17)19-7-5-6-8-20-14(18)12(16)10(3)4/h9-12H,5-8,15-16H2,1-4H3/t11-,12-/m0/s1. The van der Waals surface area contributed by atoms with Crippen LogP contribution in [-0.4, -0.2) is 37.2 Å². The van der Waals surface area contributed by atoms with Gasteiger partial charge < -0.3 is 20.9 Å². The van der Waals surface area contributed by atoms with Crippen molar-refractivity contribution < 1.29 is 19.1 Å². The summed E-state index contributed by atoms with van der Waals surface area (Å²) < 4.78 is 10.1. The van der Waals surface area contributed by atoms with E-state index >= 15 is 0 Å². The van der Waals surface area contributed by atoms with Crippen LogP contribution >= 0.6 is 0 Å². The highest BCUT2D eigenvalue weighted by molar-refractivity contribution is 5.76. The number of ether oxygens (including phenoxy) is 2. The lowest BCUT2D eigenvalue weighted by molar-refractivity contribution is -0.148. The van der Waals surface area contributed by atoms with Crippen LogP contribution in [0, 0.1) is 11.8 Å². The van der Waals surface area contributed by atoms with E-state index in [0.717, 1.165) is 0 Å². The number of carbonyl (C=O) groups is 2. The van der Waals surface area contributed by atoms with Crippen molar-refractivity contribution in [3.05, 3.63) is 0 Å². The molecular weight excluding hydrogens is 260 g/mol. The molecule has 20 heavy (non-hydrogen) atoms. The Hall–Kier alpha value is -1.14. The molecule has 0 fully saturated rings. The van der Waals surface area contributed by atoms with Gasteiger partial charge in [0.05, 0.1) is 13.2 Å². The maximum atomic E-state index is 11.4. The average molecular weight is 288 g/mol. The average Bonchev–Trinajstić information content (AvgIpc) is 2.39. The summed E-state index contributed by atoms with van der Waals surface area (Å²) in [6, 6.07) is -1.17. The first-order valence-corrected chi connectivity index (χ1v) is 7.11. The zero-order chi connectivity index (χ0) is 15.7. The van der Waals surface area contributed by atoms with Gasteiger partial charge in [0.25, 0.3) is 0 Å². The van der Waals surface area contributed by atoms with Crippen molar-refractivity contribution in [2.24, 2.45) is 23.3 Å². The summed E-state index contributed by atoms with van der Waals surface area (Å²) >= 11 is 0. The normalized spacial score (nSPS) is 14.2. The third-order valence-corrected chi connectivity index (χ3v) is 3.01. The van der Waals surface area contributed by atoms with Gasteiger partial charge in [0.2, 0.25) is 0 Å². The minimum absolute atomic E-state index is 0.0565. The third-order valence-electron chi connectivity index (χ3n) is 3.01. The molecule has 6 nitrogen and oxygen atoms in total. The zero-order valence-electron chi connectivity index (χ0n) is 12.9. The second-order valence-corrected chi connectivity index (χ2v) is 5.58. The van der Waals surface area contributed by atoms with Gasteiger partial charge in [-0.1, -0.05) is 27.7 Å².